The third-order valence-electron chi connectivity index (χ3n) is 3.48. The largest absolute Gasteiger partial charge is 0.339 e. The average Bonchev–Trinajstić information content (AvgIpc) is 2.96. The van der Waals surface area contributed by atoms with Gasteiger partial charge in [0.1, 0.15) is 5.82 Å². The molecule has 2 rings (SSSR count). The summed E-state index contributed by atoms with van der Waals surface area (Å²) < 4.78 is 18.5. The third-order valence-corrected chi connectivity index (χ3v) is 3.77. The van der Waals surface area contributed by atoms with Crippen LogP contribution >= 0.6 is 11.6 Å². The third kappa shape index (κ3) is 3.80. The predicted molar refractivity (Wildman–Crippen MR) is 80.9 cm³/mol. The Labute approximate surface area is 128 Å². The molecule has 2 aromatic rings. The van der Waals surface area contributed by atoms with E-state index in [2.05, 4.69) is 29.3 Å². The van der Waals surface area contributed by atoms with Gasteiger partial charge >= 0.3 is 0 Å². The molecule has 0 amide bonds. The van der Waals surface area contributed by atoms with Gasteiger partial charge in [0, 0.05) is 11.6 Å². The standard InChI is InChI=1S/C15H19ClFN3O/c1-4-7-18-10(3)9(2)15-19-14(20-21-15)11-5-6-13(17)12(16)8-11/h5-6,8-10,18H,4,7H2,1-3H3. The van der Waals surface area contributed by atoms with E-state index >= 15 is 0 Å². The fourth-order valence-electron chi connectivity index (χ4n) is 1.94. The summed E-state index contributed by atoms with van der Waals surface area (Å²) in [5.41, 5.74) is 0.637. The lowest BCUT2D eigenvalue weighted by molar-refractivity contribution is 0.331. The highest BCUT2D eigenvalue weighted by atomic mass is 35.5. The lowest BCUT2D eigenvalue weighted by Crippen LogP contribution is -2.31. The van der Waals surface area contributed by atoms with Crippen molar-refractivity contribution in [1.29, 1.82) is 0 Å². The van der Waals surface area contributed by atoms with Crippen LogP contribution in [0.25, 0.3) is 11.4 Å². The molecule has 0 radical (unpaired) electrons. The van der Waals surface area contributed by atoms with Gasteiger partial charge in [-0.15, -0.1) is 0 Å². The molecule has 0 aliphatic heterocycles. The summed E-state index contributed by atoms with van der Waals surface area (Å²) in [4.78, 5) is 4.38. The molecule has 1 aromatic carbocycles. The SMILES string of the molecule is CCCNC(C)C(C)c1nc(-c2ccc(F)c(Cl)c2)no1. The molecule has 0 bridgehead atoms. The van der Waals surface area contributed by atoms with Crippen molar-refractivity contribution in [2.24, 2.45) is 0 Å². The number of hydrogen-bond donors (Lipinski definition) is 1. The molecule has 4 nitrogen and oxygen atoms in total. The molecule has 21 heavy (non-hydrogen) atoms. The molecule has 2 atom stereocenters. The van der Waals surface area contributed by atoms with E-state index < -0.39 is 5.82 Å². The van der Waals surface area contributed by atoms with Crippen LogP contribution in [0.4, 0.5) is 4.39 Å². The lowest BCUT2D eigenvalue weighted by Gasteiger charge is -2.17. The van der Waals surface area contributed by atoms with Crippen LogP contribution < -0.4 is 5.32 Å². The first-order chi connectivity index (χ1) is 10.0. The van der Waals surface area contributed by atoms with Crippen molar-refractivity contribution in [2.45, 2.75) is 39.2 Å². The summed E-state index contributed by atoms with van der Waals surface area (Å²) in [6.45, 7) is 7.18. The monoisotopic (exact) mass is 311 g/mol. The molecular weight excluding hydrogens is 293 g/mol. The van der Waals surface area contributed by atoms with E-state index in [0.29, 0.717) is 17.3 Å². The quantitative estimate of drug-likeness (QED) is 0.875. The van der Waals surface area contributed by atoms with Crippen LogP contribution in [0.15, 0.2) is 22.7 Å². The van der Waals surface area contributed by atoms with Gasteiger partial charge in [-0.05, 0) is 38.1 Å². The number of rotatable bonds is 6. The van der Waals surface area contributed by atoms with Crippen LogP contribution in [0.2, 0.25) is 5.02 Å². The van der Waals surface area contributed by atoms with E-state index in [1.54, 1.807) is 6.07 Å². The average molecular weight is 312 g/mol. The van der Waals surface area contributed by atoms with Gasteiger partial charge in [0.15, 0.2) is 0 Å². The number of aromatic nitrogens is 2. The Balaban J connectivity index is 2.15. The molecule has 6 heteroatoms. The van der Waals surface area contributed by atoms with Gasteiger partial charge in [-0.25, -0.2) is 4.39 Å². The lowest BCUT2D eigenvalue weighted by atomic mass is 10.0. The molecule has 0 spiro atoms. The van der Waals surface area contributed by atoms with E-state index in [1.165, 1.54) is 12.1 Å². The van der Waals surface area contributed by atoms with Gasteiger partial charge in [0.25, 0.3) is 0 Å². The summed E-state index contributed by atoms with van der Waals surface area (Å²) in [7, 11) is 0. The Morgan fingerprint density at radius 1 is 1.38 bits per heavy atom. The first-order valence-corrected chi connectivity index (χ1v) is 7.43. The van der Waals surface area contributed by atoms with E-state index in [4.69, 9.17) is 16.1 Å². The maximum atomic E-state index is 13.2. The Morgan fingerprint density at radius 3 is 2.81 bits per heavy atom. The summed E-state index contributed by atoms with van der Waals surface area (Å²) in [5, 5.41) is 7.39. The molecule has 1 N–H and O–H groups in total. The van der Waals surface area contributed by atoms with E-state index in [-0.39, 0.29) is 17.0 Å². The highest BCUT2D eigenvalue weighted by Crippen LogP contribution is 2.25. The fraction of sp³-hybridized carbons (Fsp3) is 0.467. The molecular formula is C15H19ClFN3O. The van der Waals surface area contributed by atoms with E-state index in [1.807, 2.05) is 6.92 Å². The van der Waals surface area contributed by atoms with Gasteiger partial charge in [-0.3, -0.25) is 0 Å². The highest BCUT2D eigenvalue weighted by Gasteiger charge is 2.21. The van der Waals surface area contributed by atoms with Crippen molar-refractivity contribution >= 4 is 11.6 Å². The van der Waals surface area contributed by atoms with E-state index in [0.717, 1.165) is 13.0 Å². The van der Waals surface area contributed by atoms with Gasteiger partial charge in [0.05, 0.1) is 10.9 Å². The maximum Gasteiger partial charge on any atom is 0.231 e. The smallest absolute Gasteiger partial charge is 0.231 e. The minimum Gasteiger partial charge on any atom is -0.339 e. The van der Waals surface area contributed by atoms with Gasteiger partial charge in [0.2, 0.25) is 11.7 Å². The summed E-state index contributed by atoms with van der Waals surface area (Å²) in [6, 6.07) is 4.60. The zero-order valence-electron chi connectivity index (χ0n) is 12.4. The topological polar surface area (TPSA) is 51.0 Å². The molecule has 0 saturated carbocycles. The van der Waals surface area contributed by atoms with Gasteiger partial charge in [-0.2, -0.15) is 4.98 Å². The normalized spacial score (nSPS) is 14.1. The minimum absolute atomic E-state index is 0.0462. The maximum absolute atomic E-state index is 13.2. The molecule has 0 aliphatic rings. The Kier molecular flexibility index (Phi) is 5.31. The fourth-order valence-corrected chi connectivity index (χ4v) is 2.12. The number of benzene rings is 1. The zero-order valence-corrected chi connectivity index (χ0v) is 13.1. The number of nitrogens with one attached hydrogen (secondary N) is 1. The minimum atomic E-state index is -0.463. The van der Waals surface area contributed by atoms with Crippen molar-refractivity contribution in [1.82, 2.24) is 15.5 Å². The second kappa shape index (κ2) is 7.00. The molecule has 1 heterocycles. The molecule has 0 aliphatic carbocycles. The van der Waals surface area contributed by atoms with Crippen LogP contribution in [0.3, 0.4) is 0 Å². The van der Waals surface area contributed by atoms with Crippen molar-refractivity contribution in [3.63, 3.8) is 0 Å². The summed E-state index contributed by atoms with van der Waals surface area (Å²) >= 11 is 5.77. The second-order valence-corrected chi connectivity index (χ2v) is 5.52. The van der Waals surface area contributed by atoms with Crippen LogP contribution in [-0.2, 0) is 0 Å². The number of nitrogens with zero attached hydrogens (tertiary/aromatic N) is 2. The molecule has 0 saturated heterocycles. The number of halogens is 2. The Hall–Kier alpha value is -1.46. The molecule has 0 fully saturated rings. The Morgan fingerprint density at radius 2 is 2.14 bits per heavy atom. The summed E-state index contributed by atoms with van der Waals surface area (Å²) in [6.07, 6.45) is 1.07. The first-order valence-electron chi connectivity index (χ1n) is 7.05. The van der Waals surface area contributed by atoms with Crippen molar-refractivity contribution in [3.8, 4) is 11.4 Å². The van der Waals surface area contributed by atoms with Crippen molar-refractivity contribution in [2.75, 3.05) is 6.54 Å². The zero-order chi connectivity index (χ0) is 15.4. The van der Waals surface area contributed by atoms with Gasteiger partial charge < -0.3 is 9.84 Å². The second-order valence-electron chi connectivity index (χ2n) is 5.12. The van der Waals surface area contributed by atoms with Crippen LogP contribution in [0.5, 0.6) is 0 Å². The van der Waals surface area contributed by atoms with Crippen molar-refractivity contribution < 1.29 is 8.91 Å². The predicted octanol–water partition coefficient (Wildman–Crippen LogP) is 4.02. The van der Waals surface area contributed by atoms with Gasteiger partial charge in [-0.1, -0.05) is 30.6 Å². The number of hydrogen-bond acceptors (Lipinski definition) is 4. The molecule has 2 unspecified atom stereocenters. The highest BCUT2D eigenvalue weighted by molar-refractivity contribution is 6.31. The molecule has 1 aromatic heterocycles. The van der Waals surface area contributed by atoms with E-state index in [9.17, 15) is 4.39 Å². The van der Waals surface area contributed by atoms with Crippen LogP contribution in [0.1, 0.15) is 39.0 Å². The van der Waals surface area contributed by atoms with Crippen LogP contribution in [0, 0.1) is 5.82 Å². The molecule has 114 valence electrons. The first kappa shape index (κ1) is 15.9. The summed E-state index contributed by atoms with van der Waals surface area (Å²) in [5.74, 6) is 0.603. The van der Waals surface area contributed by atoms with Crippen LogP contribution in [-0.4, -0.2) is 22.7 Å². The Bertz CT molecular complexity index is 602. The van der Waals surface area contributed by atoms with Crippen molar-refractivity contribution in [3.05, 3.63) is 34.9 Å².